The van der Waals surface area contributed by atoms with Gasteiger partial charge in [0.1, 0.15) is 17.7 Å². The summed E-state index contributed by atoms with van der Waals surface area (Å²) in [5, 5.41) is 2.71. The maximum Gasteiger partial charge on any atom is 0.344 e. The van der Waals surface area contributed by atoms with Gasteiger partial charge in [-0.2, -0.15) is 0 Å². The van der Waals surface area contributed by atoms with Crippen LogP contribution in [0.4, 0.5) is 4.79 Å². The SMILES string of the molecule is CC(C)(C)OC(=O)COC(=O)CN1C(=O)NC2(CCCCC2)C1=O. The van der Waals surface area contributed by atoms with Crippen molar-refractivity contribution in [3.8, 4) is 0 Å². The van der Waals surface area contributed by atoms with Gasteiger partial charge in [-0.25, -0.2) is 9.59 Å². The number of carbonyl (C=O) groups excluding carboxylic acids is 4. The smallest absolute Gasteiger partial charge is 0.344 e. The second kappa shape index (κ2) is 6.78. The van der Waals surface area contributed by atoms with Crippen LogP contribution in [0.25, 0.3) is 0 Å². The molecule has 1 saturated heterocycles. The van der Waals surface area contributed by atoms with Gasteiger partial charge in [-0.3, -0.25) is 14.5 Å². The van der Waals surface area contributed by atoms with Crippen LogP contribution in [0, 0.1) is 0 Å². The molecule has 1 N–H and O–H groups in total. The fourth-order valence-electron chi connectivity index (χ4n) is 3.00. The second-order valence-electron chi connectivity index (χ2n) is 7.21. The van der Waals surface area contributed by atoms with Gasteiger partial charge in [0.05, 0.1) is 0 Å². The largest absolute Gasteiger partial charge is 0.457 e. The molecule has 1 spiro atoms. The van der Waals surface area contributed by atoms with E-state index in [9.17, 15) is 19.2 Å². The molecule has 2 rings (SSSR count). The molecule has 0 unspecified atom stereocenters. The maximum absolute atomic E-state index is 12.5. The highest BCUT2D eigenvalue weighted by molar-refractivity contribution is 6.08. The van der Waals surface area contributed by atoms with Crippen molar-refractivity contribution in [2.45, 2.75) is 64.0 Å². The summed E-state index contributed by atoms with van der Waals surface area (Å²) in [5.74, 6) is -1.89. The number of hydrogen-bond donors (Lipinski definition) is 1. The molecule has 8 heteroatoms. The summed E-state index contributed by atoms with van der Waals surface area (Å²) in [7, 11) is 0. The molecule has 0 radical (unpaired) electrons. The van der Waals surface area contributed by atoms with Crippen molar-refractivity contribution in [3.05, 3.63) is 0 Å². The topological polar surface area (TPSA) is 102 Å². The Kier molecular flexibility index (Phi) is 5.15. The monoisotopic (exact) mass is 340 g/mol. The summed E-state index contributed by atoms with van der Waals surface area (Å²) in [6.07, 6.45) is 3.93. The zero-order valence-corrected chi connectivity index (χ0v) is 14.3. The van der Waals surface area contributed by atoms with Crippen LogP contribution in [-0.4, -0.2) is 53.1 Å². The molecule has 0 aromatic rings. The molecule has 0 aromatic carbocycles. The van der Waals surface area contributed by atoms with E-state index in [-0.39, 0.29) is 5.91 Å². The maximum atomic E-state index is 12.5. The van der Waals surface area contributed by atoms with E-state index in [1.165, 1.54) is 0 Å². The van der Waals surface area contributed by atoms with E-state index in [1.807, 2.05) is 0 Å². The fourth-order valence-corrected chi connectivity index (χ4v) is 3.00. The lowest BCUT2D eigenvalue weighted by Crippen LogP contribution is -2.48. The number of nitrogens with zero attached hydrogens (tertiary/aromatic N) is 1. The van der Waals surface area contributed by atoms with Crippen molar-refractivity contribution in [1.29, 1.82) is 0 Å². The van der Waals surface area contributed by atoms with Crippen LogP contribution < -0.4 is 5.32 Å². The Hall–Kier alpha value is -2.12. The van der Waals surface area contributed by atoms with Gasteiger partial charge in [0.25, 0.3) is 5.91 Å². The first-order chi connectivity index (χ1) is 11.1. The van der Waals surface area contributed by atoms with E-state index in [1.54, 1.807) is 20.8 Å². The molecule has 24 heavy (non-hydrogen) atoms. The summed E-state index contributed by atoms with van der Waals surface area (Å²) in [6.45, 7) is 4.04. The zero-order chi connectivity index (χ0) is 18.0. The lowest BCUT2D eigenvalue weighted by Gasteiger charge is -2.30. The highest BCUT2D eigenvalue weighted by Gasteiger charge is 2.51. The van der Waals surface area contributed by atoms with Crippen LogP contribution in [0.5, 0.6) is 0 Å². The third kappa shape index (κ3) is 4.24. The van der Waals surface area contributed by atoms with E-state index < -0.39 is 42.3 Å². The molecule has 3 amide bonds. The quantitative estimate of drug-likeness (QED) is 0.608. The first-order valence-corrected chi connectivity index (χ1v) is 8.15. The number of amides is 3. The fraction of sp³-hybridized carbons (Fsp3) is 0.750. The molecular weight excluding hydrogens is 316 g/mol. The Morgan fingerprint density at radius 1 is 1.12 bits per heavy atom. The van der Waals surface area contributed by atoms with Crippen LogP contribution in [0.3, 0.4) is 0 Å². The van der Waals surface area contributed by atoms with Crippen LogP contribution in [0.15, 0.2) is 0 Å². The minimum atomic E-state index is -0.874. The minimum Gasteiger partial charge on any atom is -0.457 e. The van der Waals surface area contributed by atoms with Crippen molar-refractivity contribution in [3.63, 3.8) is 0 Å². The molecule has 2 fully saturated rings. The highest BCUT2D eigenvalue weighted by atomic mass is 16.6. The molecule has 0 atom stereocenters. The third-order valence-electron chi connectivity index (χ3n) is 4.01. The van der Waals surface area contributed by atoms with Crippen molar-refractivity contribution >= 4 is 23.9 Å². The zero-order valence-electron chi connectivity index (χ0n) is 14.3. The number of carbonyl (C=O) groups is 4. The van der Waals surface area contributed by atoms with Crippen LogP contribution >= 0.6 is 0 Å². The van der Waals surface area contributed by atoms with E-state index in [0.717, 1.165) is 24.2 Å². The summed E-state index contributed by atoms with van der Waals surface area (Å²) in [6, 6.07) is -0.587. The number of ether oxygens (including phenoxy) is 2. The lowest BCUT2D eigenvalue weighted by molar-refractivity contribution is -0.166. The van der Waals surface area contributed by atoms with Crippen LogP contribution in [-0.2, 0) is 23.9 Å². The number of nitrogens with one attached hydrogen (secondary N) is 1. The van der Waals surface area contributed by atoms with Gasteiger partial charge in [0, 0.05) is 0 Å². The van der Waals surface area contributed by atoms with Gasteiger partial charge in [-0.1, -0.05) is 19.3 Å². The van der Waals surface area contributed by atoms with Gasteiger partial charge in [-0.05, 0) is 33.6 Å². The van der Waals surface area contributed by atoms with Crippen molar-refractivity contribution in [2.24, 2.45) is 0 Å². The van der Waals surface area contributed by atoms with Gasteiger partial charge >= 0.3 is 18.0 Å². The van der Waals surface area contributed by atoms with Crippen LogP contribution in [0.2, 0.25) is 0 Å². The Balaban J connectivity index is 1.86. The number of rotatable bonds is 4. The molecule has 0 aromatic heterocycles. The van der Waals surface area contributed by atoms with E-state index in [0.29, 0.717) is 12.8 Å². The summed E-state index contributed by atoms with van der Waals surface area (Å²) >= 11 is 0. The van der Waals surface area contributed by atoms with E-state index in [4.69, 9.17) is 9.47 Å². The Morgan fingerprint density at radius 3 is 2.33 bits per heavy atom. The standard InChI is InChI=1S/C16H24N2O6/c1-15(2,3)24-12(20)10-23-11(19)9-18-13(21)16(17-14(18)22)7-5-4-6-8-16/h4-10H2,1-3H3,(H,17,22). The average molecular weight is 340 g/mol. The van der Waals surface area contributed by atoms with Crippen molar-refractivity contribution < 1.29 is 28.7 Å². The minimum absolute atomic E-state index is 0.388. The highest BCUT2D eigenvalue weighted by Crippen LogP contribution is 2.33. The molecule has 1 heterocycles. The molecule has 1 aliphatic carbocycles. The molecule has 134 valence electrons. The Bertz CT molecular complexity index is 545. The first-order valence-electron chi connectivity index (χ1n) is 8.15. The van der Waals surface area contributed by atoms with Crippen molar-refractivity contribution in [1.82, 2.24) is 10.2 Å². The Morgan fingerprint density at radius 2 is 1.75 bits per heavy atom. The number of esters is 2. The Labute approximate surface area is 140 Å². The summed E-state index contributed by atoms with van der Waals surface area (Å²) in [5.41, 5.74) is -1.55. The lowest BCUT2D eigenvalue weighted by atomic mass is 9.82. The van der Waals surface area contributed by atoms with Gasteiger partial charge in [-0.15, -0.1) is 0 Å². The number of hydrogen-bond acceptors (Lipinski definition) is 6. The van der Waals surface area contributed by atoms with Gasteiger partial charge < -0.3 is 14.8 Å². The molecular formula is C16H24N2O6. The first kappa shape index (κ1) is 18.2. The van der Waals surface area contributed by atoms with Crippen molar-refractivity contribution in [2.75, 3.05) is 13.2 Å². The van der Waals surface area contributed by atoms with E-state index in [2.05, 4.69) is 5.32 Å². The predicted molar refractivity (Wildman–Crippen MR) is 82.9 cm³/mol. The normalized spacial score (nSPS) is 20.0. The van der Waals surface area contributed by atoms with Gasteiger partial charge in [0.2, 0.25) is 0 Å². The van der Waals surface area contributed by atoms with E-state index >= 15 is 0 Å². The number of imide groups is 1. The number of urea groups is 1. The molecule has 8 nitrogen and oxygen atoms in total. The van der Waals surface area contributed by atoms with Gasteiger partial charge in [0.15, 0.2) is 6.61 Å². The second-order valence-corrected chi connectivity index (χ2v) is 7.21. The third-order valence-corrected chi connectivity index (χ3v) is 4.01. The molecule has 0 bridgehead atoms. The average Bonchev–Trinajstić information content (AvgIpc) is 2.69. The molecule has 1 aliphatic heterocycles. The van der Waals surface area contributed by atoms with Crippen LogP contribution in [0.1, 0.15) is 52.9 Å². The molecule has 2 aliphatic rings. The predicted octanol–water partition coefficient (Wildman–Crippen LogP) is 1.13. The molecule has 1 saturated carbocycles. The summed E-state index contributed by atoms with van der Waals surface area (Å²) in [4.78, 5) is 48.7. The summed E-state index contributed by atoms with van der Waals surface area (Å²) < 4.78 is 9.81.